The smallest absolute Gasteiger partial charge is 0.186 e. The van der Waals surface area contributed by atoms with Crippen LogP contribution in [-0.2, 0) is 4.74 Å². The van der Waals surface area contributed by atoms with Crippen molar-refractivity contribution in [3.63, 3.8) is 0 Å². The molecule has 2 heteroatoms. The van der Waals surface area contributed by atoms with Crippen molar-refractivity contribution in [2.24, 2.45) is 16.3 Å². The molecule has 1 aliphatic carbocycles. The molecule has 14 heavy (non-hydrogen) atoms. The minimum absolute atomic E-state index is 0.250. The molecular formula is C12H21NO. The molecule has 1 saturated carbocycles. The minimum atomic E-state index is 0.250. The van der Waals surface area contributed by atoms with Gasteiger partial charge >= 0.3 is 0 Å². The van der Waals surface area contributed by atoms with E-state index in [4.69, 9.17) is 9.73 Å². The minimum Gasteiger partial charge on any atom is -0.478 e. The summed E-state index contributed by atoms with van der Waals surface area (Å²) in [4.78, 5) is 4.74. The summed E-state index contributed by atoms with van der Waals surface area (Å²) in [5.74, 6) is 1.70. The molecule has 2 nitrogen and oxygen atoms in total. The molecule has 0 N–H and O–H groups in total. The molecule has 0 unspecified atom stereocenters. The summed E-state index contributed by atoms with van der Waals surface area (Å²) in [6.07, 6.45) is 5.28. The Balaban J connectivity index is 2.01. The molecule has 0 aromatic carbocycles. The summed E-state index contributed by atoms with van der Waals surface area (Å²) in [7, 11) is 0. The number of ether oxygens (including phenoxy) is 1. The third-order valence-corrected chi connectivity index (χ3v) is 3.38. The van der Waals surface area contributed by atoms with Gasteiger partial charge in [-0.2, -0.15) is 0 Å². The van der Waals surface area contributed by atoms with Crippen molar-refractivity contribution in [3.8, 4) is 0 Å². The SMILES string of the molecule is CC(C)(C)[C@H]1COC(C2CCCC2)=N1. The van der Waals surface area contributed by atoms with E-state index in [1.165, 1.54) is 25.7 Å². The molecule has 2 rings (SSSR count). The van der Waals surface area contributed by atoms with Crippen LogP contribution in [-0.4, -0.2) is 18.5 Å². The Hall–Kier alpha value is -0.530. The first-order chi connectivity index (χ1) is 6.57. The van der Waals surface area contributed by atoms with Gasteiger partial charge in [0.2, 0.25) is 0 Å². The first-order valence-corrected chi connectivity index (χ1v) is 5.78. The van der Waals surface area contributed by atoms with Gasteiger partial charge in [0, 0.05) is 5.92 Å². The number of nitrogens with zero attached hydrogens (tertiary/aromatic N) is 1. The van der Waals surface area contributed by atoms with Crippen molar-refractivity contribution < 1.29 is 4.74 Å². The molecule has 0 bridgehead atoms. The molecule has 0 aromatic rings. The van der Waals surface area contributed by atoms with Gasteiger partial charge in [0.15, 0.2) is 5.90 Å². The van der Waals surface area contributed by atoms with Gasteiger partial charge in [-0.15, -0.1) is 0 Å². The highest BCUT2D eigenvalue weighted by atomic mass is 16.5. The largest absolute Gasteiger partial charge is 0.478 e. The second-order valence-corrected chi connectivity index (χ2v) is 5.64. The molecule has 1 heterocycles. The summed E-state index contributed by atoms with van der Waals surface area (Å²) in [6.45, 7) is 7.52. The number of rotatable bonds is 1. The van der Waals surface area contributed by atoms with E-state index in [1.54, 1.807) is 0 Å². The molecule has 1 fully saturated rings. The van der Waals surface area contributed by atoms with Crippen LogP contribution in [0.1, 0.15) is 46.5 Å². The van der Waals surface area contributed by atoms with E-state index < -0.39 is 0 Å². The molecule has 0 saturated heterocycles. The fraction of sp³-hybridized carbons (Fsp3) is 0.917. The lowest BCUT2D eigenvalue weighted by Gasteiger charge is -2.21. The van der Waals surface area contributed by atoms with Gasteiger partial charge in [-0.3, -0.25) is 0 Å². The van der Waals surface area contributed by atoms with Crippen molar-refractivity contribution >= 4 is 5.90 Å². The van der Waals surface area contributed by atoms with Crippen LogP contribution in [0.5, 0.6) is 0 Å². The standard InChI is InChI=1S/C12H21NO/c1-12(2,3)10-8-14-11(13-10)9-6-4-5-7-9/h9-10H,4-8H2,1-3H3/t10-/m1/s1. The van der Waals surface area contributed by atoms with Crippen molar-refractivity contribution in [1.82, 2.24) is 0 Å². The van der Waals surface area contributed by atoms with Crippen LogP contribution in [0.2, 0.25) is 0 Å². The summed E-state index contributed by atoms with van der Waals surface area (Å²) in [5.41, 5.74) is 0.250. The Morgan fingerprint density at radius 3 is 2.36 bits per heavy atom. The predicted molar refractivity (Wildman–Crippen MR) is 58.6 cm³/mol. The zero-order valence-electron chi connectivity index (χ0n) is 9.55. The Morgan fingerprint density at radius 1 is 1.21 bits per heavy atom. The van der Waals surface area contributed by atoms with Crippen LogP contribution in [0.15, 0.2) is 4.99 Å². The normalized spacial score (nSPS) is 29.1. The van der Waals surface area contributed by atoms with Gasteiger partial charge in [-0.25, -0.2) is 4.99 Å². The Kier molecular flexibility index (Phi) is 2.54. The molecular weight excluding hydrogens is 174 g/mol. The lowest BCUT2D eigenvalue weighted by atomic mass is 9.88. The van der Waals surface area contributed by atoms with Gasteiger partial charge in [-0.05, 0) is 18.3 Å². The Bertz CT molecular complexity index is 233. The predicted octanol–water partition coefficient (Wildman–Crippen LogP) is 3.02. The molecule has 2 aliphatic rings. The average molecular weight is 195 g/mol. The second-order valence-electron chi connectivity index (χ2n) is 5.64. The third-order valence-electron chi connectivity index (χ3n) is 3.38. The fourth-order valence-corrected chi connectivity index (χ4v) is 2.23. The van der Waals surface area contributed by atoms with E-state index in [1.807, 2.05) is 0 Å². The number of hydrogen-bond acceptors (Lipinski definition) is 2. The molecule has 1 atom stereocenters. The van der Waals surface area contributed by atoms with Gasteiger partial charge < -0.3 is 4.74 Å². The fourth-order valence-electron chi connectivity index (χ4n) is 2.23. The highest BCUT2D eigenvalue weighted by Gasteiger charge is 2.33. The van der Waals surface area contributed by atoms with Crippen LogP contribution in [0.4, 0.5) is 0 Å². The quantitative estimate of drug-likeness (QED) is 0.630. The topological polar surface area (TPSA) is 21.6 Å². The summed E-state index contributed by atoms with van der Waals surface area (Å²) < 4.78 is 5.73. The van der Waals surface area contributed by atoms with Crippen LogP contribution in [0.25, 0.3) is 0 Å². The van der Waals surface area contributed by atoms with Crippen LogP contribution in [0, 0.1) is 11.3 Å². The van der Waals surface area contributed by atoms with Crippen molar-refractivity contribution in [3.05, 3.63) is 0 Å². The van der Waals surface area contributed by atoms with Gasteiger partial charge in [-0.1, -0.05) is 33.6 Å². The Morgan fingerprint density at radius 2 is 1.86 bits per heavy atom. The second kappa shape index (κ2) is 3.56. The van der Waals surface area contributed by atoms with Crippen LogP contribution >= 0.6 is 0 Å². The molecule has 0 spiro atoms. The number of aliphatic imine (C=N–C) groups is 1. The summed E-state index contributed by atoms with van der Waals surface area (Å²) in [6, 6.07) is 0.373. The van der Waals surface area contributed by atoms with Gasteiger partial charge in [0.25, 0.3) is 0 Å². The monoisotopic (exact) mass is 195 g/mol. The van der Waals surface area contributed by atoms with E-state index in [2.05, 4.69) is 20.8 Å². The van der Waals surface area contributed by atoms with E-state index in [0.29, 0.717) is 12.0 Å². The lowest BCUT2D eigenvalue weighted by Crippen LogP contribution is -2.25. The number of hydrogen-bond donors (Lipinski definition) is 0. The maximum Gasteiger partial charge on any atom is 0.186 e. The van der Waals surface area contributed by atoms with Gasteiger partial charge in [0.1, 0.15) is 6.61 Å². The molecule has 0 amide bonds. The summed E-state index contributed by atoms with van der Waals surface area (Å²) in [5, 5.41) is 0. The highest BCUT2D eigenvalue weighted by molar-refractivity contribution is 5.80. The van der Waals surface area contributed by atoms with E-state index in [9.17, 15) is 0 Å². The molecule has 0 aromatic heterocycles. The van der Waals surface area contributed by atoms with Crippen molar-refractivity contribution in [1.29, 1.82) is 0 Å². The summed E-state index contributed by atoms with van der Waals surface area (Å²) >= 11 is 0. The van der Waals surface area contributed by atoms with Crippen LogP contribution < -0.4 is 0 Å². The Labute approximate surface area is 86.8 Å². The lowest BCUT2D eigenvalue weighted by molar-refractivity contribution is 0.229. The van der Waals surface area contributed by atoms with Crippen molar-refractivity contribution in [2.45, 2.75) is 52.5 Å². The van der Waals surface area contributed by atoms with E-state index in [-0.39, 0.29) is 5.41 Å². The van der Waals surface area contributed by atoms with E-state index >= 15 is 0 Å². The maximum absolute atomic E-state index is 5.73. The first kappa shape index (κ1) is 10.0. The zero-order valence-corrected chi connectivity index (χ0v) is 9.55. The van der Waals surface area contributed by atoms with Gasteiger partial charge in [0.05, 0.1) is 6.04 Å². The first-order valence-electron chi connectivity index (χ1n) is 5.78. The maximum atomic E-state index is 5.73. The third kappa shape index (κ3) is 1.94. The zero-order chi connectivity index (χ0) is 10.2. The molecule has 0 radical (unpaired) electrons. The molecule has 80 valence electrons. The average Bonchev–Trinajstić information content (AvgIpc) is 2.73. The molecule has 1 aliphatic heterocycles. The highest BCUT2D eigenvalue weighted by Crippen LogP contribution is 2.32. The van der Waals surface area contributed by atoms with Crippen LogP contribution in [0.3, 0.4) is 0 Å². The van der Waals surface area contributed by atoms with E-state index in [0.717, 1.165) is 12.5 Å². The van der Waals surface area contributed by atoms with Crippen molar-refractivity contribution in [2.75, 3.05) is 6.61 Å².